The minimum absolute atomic E-state index is 0.0623. The zero-order chi connectivity index (χ0) is 21.5. The maximum Gasteiger partial charge on any atom is 0.251 e. The Labute approximate surface area is 188 Å². The van der Waals surface area contributed by atoms with E-state index in [0.717, 1.165) is 49.0 Å². The molecular formula is C23H32N4O3S. The summed E-state index contributed by atoms with van der Waals surface area (Å²) in [6.07, 6.45) is 11.0. The van der Waals surface area contributed by atoms with Crippen LogP contribution < -0.4 is 10.1 Å². The molecule has 2 aliphatic rings. The second-order valence-electron chi connectivity index (χ2n) is 8.24. The highest BCUT2D eigenvalue weighted by atomic mass is 32.2. The summed E-state index contributed by atoms with van der Waals surface area (Å²) < 4.78 is 13.7. The molecule has 1 aliphatic carbocycles. The molecule has 7 nitrogen and oxygen atoms in total. The molecular weight excluding hydrogens is 412 g/mol. The molecule has 1 unspecified atom stereocenters. The summed E-state index contributed by atoms with van der Waals surface area (Å²) in [4.78, 5) is 12.5. The van der Waals surface area contributed by atoms with Gasteiger partial charge in [0.15, 0.2) is 5.16 Å². The van der Waals surface area contributed by atoms with Gasteiger partial charge in [-0.2, -0.15) is 0 Å². The van der Waals surface area contributed by atoms with Crippen LogP contribution in [0.5, 0.6) is 5.75 Å². The Hall–Kier alpha value is -2.06. The van der Waals surface area contributed by atoms with E-state index in [-0.39, 0.29) is 12.0 Å². The van der Waals surface area contributed by atoms with Crippen LogP contribution >= 0.6 is 11.8 Å². The Morgan fingerprint density at radius 2 is 2.00 bits per heavy atom. The maximum absolute atomic E-state index is 12.5. The summed E-state index contributed by atoms with van der Waals surface area (Å²) in [6, 6.07) is 7.84. The fourth-order valence-electron chi connectivity index (χ4n) is 4.36. The van der Waals surface area contributed by atoms with Crippen LogP contribution in [0.1, 0.15) is 67.2 Å². The second kappa shape index (κ2) is 11.0. The van der Waals surface area contributed by atoms with Crippen LogP contribution in [0, 0.1) is 0 Å². The normalized spacial score (nSPS) is 19.1. The Morgan fingerprint density at radius 3 is 2.71 bits per heavy atom. The molecule has 1 aromatic heterocycles. The average molecular weight is 445 g/mol. The number of rotatable bonds is 10. The van der Waals surface area contributed by atoms with Crippen molar-refractivity contribution in [1.29, 1.82) is 0 Å². The molecule has 1 N–H and O–H groups in total. The number of hydrogen-bond acceptors (Lipinski definition) is 6. The number of thioether (sulfide) groups is 1. The van der Waals surface area contributed by atoms with Crippen LogP contribution in [0.4, 0.5) is 0 Å². The highest BCUT2D eigenvalue weighted by molar-refractivity contribution is 7.98. The van der Waals surface area contributed by atoms with E-state index in [0.29, 0.717) is 24.8 Å². The van der Waals surface area contributed by atoms with E-state index in [1.165, 1.54) is 25.7 Å². The second-order valence-corrected chi connectivity index (χ2v) is 9.01. The summed E-state index contributed by atoms with van der Waals surface area (Å²) in [6.45, 7) is 2.00. The van der Waals surface area contributed by atoms with E-state index in [4.69, 9.17) is 9.47 Å². The molecule has 1 saturated carbocycles. The van der Waals surface area contributed by atoms with Crippen LogP contribution in [0.3, 0.4) is 0 Å². The third kappa shape index (κ3) is 5.80. The standard InChI is InChI=1S/C23H32N4O3S/c1-31-23-26-25-21(27(23)18-6-2-3-7-18)9-4-14-24-22(28)17-10-12-19(13-11-17)30-16-20-8-5-15-29-20/h10-13,18,20H,2-9,14-16H2,1H3,(H,24,28). The number of carbonyl (C=O) groups excluding carboxylic acids is 1. The molecule has 0 radical (unpaired) electrons. The minimum atomic E-state index is -0.0623. The summed E-state index contributed by atoms with van der Waals surface area (Å²) in [7, 11) is 0. The first-order valence-electron chi connectivity index (χ1n) is 11.3. The van der Waals surface area contributed by atoms with Crippen molar-refractivity contribution in [3.8, 4) is 5.75 Å². The number of amides is 1. The molecule has 0 bridgehead atoms. The van der Waals surface area contributed by atoms with E-state index in [1.807, 2.05) is 24.3 Å². The molecule has 0 spiro atoms. The van der Waals surface area contributed by atoms with Gasteiger partial charge in [0.05, 0.1) is 6.10 Å². The number of aryl methyl sites for hydroxylation is 1. The molecule has 1 amide bonds. The lowest BCUT2D eigenvalue weighted by Crippen LogP contribution is -2.25. The Morgan fingerprint density at radius 1 is 1.19 bits per heavy atom. The average Bonchev–Trinajstić information content (AvgIpc) is 3.57. The number of hydrogen-bond donors (Lipinski definition) is 1. The number of ether oxygens (including phenoxy) is 2. The lowest BCUT2D eigenvalue weighted by atomic mass is 10.2. The fraction of sp³-hybridized carbons (Fsp3) is 0.609. The van der Waals surface area contributed by atoms with E-state index >= 15 is 0 Å². The molecule has 8 heteroatoms. The molecule has 2 heterocycles. The number of benzene rings is 1. The highest BCUT2D eigenvalue weighted by Gasteiger charge is 2.23. The Kier molecular flexibility index (Phi) is 7.86. The van der Waals surface area contributed by atoms with Gasteiger partial charge in [0, 0.05) is 31.2 Å². The SMILES string of the molecule is CSc1nnc(CCCNC(=O)c2ccc(OCC3CCCO3)cc2)n1C1CCCC1. The summed E-state index contributed by atoms with van der Waals surface area (Å²) >= 11 is 1.66. The molecule has 1 aliphatic heterocycles. The van der Waals surface area contributed by atoms with Gasteiger partial charge in [0.1, 0.15) is 18.2 Å². The first kappa shape index (κ1) is 22.1. The van der Waals surface area contributed by atoms with Crippen molar-refractivity contribution < 1.29 is 14.3 Å². The van der Waals surface area contributed by atoms with Crippen molar-refractivity contribution in [2.45, 2.75) is 68.7 Å². The van der Waals surface area contributed by atoms with Crippen molar-refractivity contribution >= 4 is 17.7 Å². The zero-order valence-corrected chi connectivity index (χ0v) is 19.0. The molecule has 4 rings (SSSR count). The molecule has 1 atom stereocenters. The van der Waals surface area contributed by atoms with Gasteiger partial charge >= 0.3 is 0 Å². The van der Waals surface area contributed by atoms with Crippen molar-refractivity contribution in [1.82, 2.24) is 20.1 Å². The van der Waals surface area contributed by atoms with Crippen molar-refractivity contribution in [2.75, 3.05) is 26.0 Å². The molecule has 2 fully saturated rings. The third-order valence-electron chi connectivity index (χ3n) is 6.05. The van der Waals surface area contributed by atoms with Gasteiger partial charge in [-0.1, -0.05) is 24.6 Å². The van der Waals surface area contributed by atoms with Crippen LogP contribution in [-0.2, 0) is 11.2 Å². The van der Waals surface area contributed by atoms with E-state index in [9.17, 15) is 4.79 Å². The predicted molar refractivity (Wildman–Crippen MR) is 121 cm³/mol. The van der Waals surface area contributed by atoms with Gasteiger partial charge in [-0.05, 0) is 62.6 Å². The lowest BCUT2D eigenvalue weighted by Gasteiger charge is -2.16. The lowest BCUT2D eigenvalue weighted by molar-refractivity contribution is 0.0679. The van der Waals surface area contributed by atoms with Gasteiger partial charge in [-0.25, -0.2) is 0 Å². The van der Waals surface area contributed by atoms with Gasteiger partial charge in [-0.3, -0.25) is 4.79 Å². The molecule has 1 saturated heterocycles. The largest absolute Gasteiger partial charge is 0.491 e. The van der Waals surface area contributed by atoms with E-state index in [2.05, 4.69) is 26.3 Å². The maximum atomic E-state index is 12.5. The quantitative estimate of drug-likeness (QED) is 0.440. The first-order valence-corrected chi connectivity index (χ1v) is 12.6. The van der Waals surface area contributed by atoms with Crippen LogP contribution in [0.25, 0.3) is 0 Å². The fourth-order valence-corrected chi connectivity index (χ4v) is 4.94. The summed E-state index contributed by atoms with van der Waals surface area (Å²) in [5.74, 6) is 1.74. The summed E-state index contributed by atoms with van der Waals surface area (Å²) in [5, 5.41) is 12.8. The third-order valence-corrected chi connectivity index (χ3v) is 6.69. The molecule has 168 valence electrons. The highest BCUT2D eigenvalue weighted by Crippen LogP contribution is 2.33. The number of nitrogens with one attached hydrogen (secondary N) is 1. The summed E-state index contributed by atoms with van der Waals surface area (Å²) in [5.41, 5.74) is 0.642. The topological polar surface area (TPSA) is 78.3 Å². The number of carbonyl (C=O) groups is 1. The van der Waals surface area contributed by atoms with Crippen molar-refractivity contribution in [3.63, 3.8) is 0 Å². The number of aromatic nitrogens is 3. The Bertz CT molecular complexity index is 843. The smallest absolute Gasteiger partial charge is 0.251 e. The van der Waals surface area contributed by atoms with Crippen LogP contribution in [0.15, 0.2) is 29.4 Å². The number of nitrogens with zero attached hydrogens (tertiary/aromatic N) is 3. The van der Waals surface area contributed by atoms with Crippen LogP contribution in [0.2, 0.25) is 0 Å². The predicted octanol–water partition coefficient (Wildman–Crippen LogP) is 4.04. The van der Waals surface area contributed by atoms with Gasteiger partial charge in [-0.15, -0.1) is 10.2 Å². The molecule has 31 heavy (non-hydrogen) atoms. The molecule has 1 aromatic carbocycles. The zero-order valence-electron chi connectivity index (χ0n) is 18.2. The van der Waals surface area contributed by atoms with E-state index in [1.54, 1.807) is 11.8 Å². The van der Waals surface area contributed by atoms with E-state index < -0.39 is 0 Å². The van der Waals surface area contributed by atoms with Crippen molar-refractivity contribution in [3.05, 3.63) is 35.7 Å². The monoisotopic (exact) mass is 444 g/mol. The van der Waals surface area contributed by atoms with Crippen LogP contribution in [-0.4, -0.2) is 52.8 Å². The Balaban J connectivity index is 1.22. The first-order chi connectivity index (χ1) is 15.2. The van der Waals surface area contributed by atoms with Gasteiger partial charge in [0.2, 0.25) is 0 Å². The van der Waals surface area contributed by atoms with Gasteiger partial charge < -0.3 is 19.4 Å². The van der Waals surface area contributed by atoms with Gasteiger partial charge in [0.25, 0.3) is 5.91 Å². The molecule has 2 aromatic rings. The van der Waals surface area contributed by atoms with Crippen molar-refractivity contribution in [2.24, 2.45) is 0 Å². The minimum Gasteiger partial charge on any atom is -0.491 e.